The van der Waals surface area contributed by atoms with Gasteiger partial charge in [-0.2, -0.15) is 0 Å². The standard InChI is InChI=1S/C80H66N2SSi2/c1-84(2,3)63-42-38-61(39-43-63)81(59-27-12-8-13-28-59)75-49-47-71(65-31-16-18-33-67(65)75)79-69-35-20-21-36-70(69)80(74-54-57(37-46-73(74)79)56-25-22-26-58(53-56)78-52-51-77(83-78)55-23-10-7-11-24-55)72-48-50-76(68-34-19-17-32-66(68)72)82(60-29-14-9-15-30-60)62-40-44-64(45-41-62)85(4,5)6/h7-54H,1-6H3. The van der Waals surface area contributed by atoms with Crippen LogP contribution in [0.25, 0.3) is 97.4 Å². The van der Waals surface area contributed by atoms with Crippen molar-refractivity contribution in [1.82, 2.24) is 0 Å². The summed E-state index contributed by atoms with van der Waals surface area (Å²) in [6.07, 6.45) is 0. The number of hydrogen-bond acceptors (Lipinski definition) is 3. The summed E-state index contributed by atoms with van der Waals surface area (Å²) < 4.78 is 0. The quantitative estimate of drug-likeness (QED) is 0.0839. The zero-order valence-electron chi connectivity index (χ0n) is 49.0. The molecule has 0 unspecified atom stereocenters. The molecule has 0 aliphatic carbocycles. The fourth-order valence-corrected chi connectivity index (χ4v) is 16.0. The van der Waals surface area contributed by atoms with Crippen LogP contribution < -0.4 is 20.2 Å². The lowest BCUT2D eigenvalue weighted by molar-refractivity contribution is 1.30. The van der Waals surface area contributed by atoms with E-state index < -0.39 is 16.1 Å². The third-order valence-corrected chi connectivity index (χ3v) is 22.3. The number of rotatable bonds is 13. The van der Waals surface area contributed by atoms with Gasteiger partial charge in [0.05, 0.1) is 27.5 Å². The fraction of sp³-hybridized carbons (Fsp3) is 0.0750. The molecule has 0 atom stereocenters. The first-order valence-corrected chi connectivity index (χ1v) is 37.5. The first-order chi connectivity index (χ1) is 41.4. The molecule has 2 nitrogen and oxygen atoms in total. The lowest BCUT2D eigenvalue weighted by atomic mass is 9.82. The minimum Gasteiger partial charge on any atom is -0.310 e. The Morgan fingerprint density at radius 1 is 0.247 bits per heavy atom. The van der Waals surface area contributed by atoms with E-state index in [9.17, 15) is 0 Å². The highest BCUT2D eigenvalue weighted by atomic mass is 32.1. The molecule has 0 N–H and O–H groups in total. The second-order valence-corrected chi connectivity index (χ2v) is 35.7. The molecule has 0 radical (unpaired) electrons. The maximum absolute atomic E-state index is 2.49. The van der Waals surface area contributed by atoms with Gasteiger partial charge in [-0.15, -0.1) is 11.3 Å². The summed E-state index contributed by atoms with van der Waals surface area (Å²) in [6, 6.07) is 109. The van der Waals surface area contributed by atoms with Crippen molar-refractivity contribution in [2.45, 2.75) is 39.3 Å². The van der Waals surface area contributed by atoms with Crippen molar-refractivity contribution in [2.75, 3.05) is 9.80 Å². The number of anilines is 6. The highest BCUT2D eigenvalue weighted by molar-refractivity contribution is 7.18. The molecule has 1 heterocycles. The van der Waals surface area contributed by atoms with Crippen LogP contribution in [0.2, 0.25) is 39.3 Å². The van der Waals surface area contributed by atoms with Gasteiger partial charge in [0, 0.05) is 43.3 Å². The summed E-state index contributed by atoms with van der Waals surface area (Å²) in [5, 5.41) is 12.5. The van der Waals surface area contributed by atoms with E-state index in [0.717, 1.165) is 34.1 Å². The Morgan fingerprint density at radius 3 is 1.09 bits per heavy atom. The molecule has 5 heteroatoms. The normalized spacial score (nSPS) is 11.9. The van der Waals surface area contributed by atoms with Crippen LogP contribution in [0, 0.1) is 0 Å². The van der Waals surface area contributed by atoms with E-state index >= 15 is 0 Å². The maximum atomic E-state index is 2.49. The first kappa shape index (κ1) is 53.6. The number of para-hydroxylation sites is 2. The molecule has 1 aromatic heterocycles. The molecule has 0 bridgehead atoms. The third kappa shape index (κ3) is 10.1. The number of thiophene rings is 1. The Labute approximate surface area is 506 Å². The zero-order valence-corrected chi connectivity index (χ0v) is 51.8. The fourth-order valence-electron chi connectivity index (χ4n) is 12.7. The van der Waals surface area contributed by atoms with Crippen LogP contribution in [-0.2, 0) is 0 Å². The molecule has 13 aromatic carbocycles. The zero-order chi connectivity index (χ0) is 57.8. The van der Waals surface area contributed by atoms with E-state index in [0.29, 0.717) is 0 Å². The van der Waals surface area contributed by atoms with Gasteiger partial charge in [-0.05, 0) is 162 Å². The van der Waals surface area contributed by atoms with Crippen molar-refractivity contribution >= 4 is 115 Å². The van der Waals surface area contributed by atoms with Crippen molar-refractivity contribution in [3.8, 4) is 54.3 Å². The van der Waals surface area contributed by atoms with Crippen molar-refractivity contribution < 1.29 is 0 Å². The van der Waals surface area contributed by atoms with E-state index in [2.05, 4.69) is 340 Å². The van der Waals surface area contributed by atoms with Crippen molar-refractivity contribution in [3.63, 3.8) is 0 Å². The first-order valence-electron chi connectivity index (χ1n) is 29.6. The Kier molecular flexibility index (Phi) is 13.9. The van der Waals surface area contributed by atoms with Gasteiger partial charge in [-0.3, -0.25) is 0 Å². The lowest BCUT2D eigenvalue weighted by Crippen LogP contribution is -2.37. The van der Waals surface area contributed by atoms with Crippen LogP contribution in [0.1, 0.15) is 0 Å². The van der Waals surface area contributed by atoms with Crippen LogP contribution >= 0.6 is 11.3 Å². The summed E-state index contributed by atoms with van der Waals surface area (Å²) in [4.78, 5) is 7.40. The summed E-state index contributed by atoms with van der Waals surface area (Å²) in [5.74, 6) is 0. The van der Waals surface area contributed by atoms with Gasteiger partial charge in [0.15, 0.2) is 0 Å². The molecule has 0 saturated heterocycles. The monoisotopic (exact) mass is 1140 g/mol. The van der Waals surface area contributed by atoms with Gasteiger partial charge in [0.1, 0.15) is 0 Å². The Hall–Kier alpha value is -9.37. The topological polar surface area (TPSA) is 6.48 Å². The molecule has 0 spiro atoms. The van der Waals surface area contributed by atoms with Crippen LogP contribution in [0.15, 0.2) is 291 Å². The van der Waals surface area contributed by atoms with Crippen molar-refractivity contribution in [3.05, 3.63) is 291 Å². The predicted molar refractivity (Wildman–Crippen MR) is 377 cm³/mol. The summed E-state index contributed by atoms with van der Waals surface area (Å²) in [7, 11) is -3.07. The van der Waals surface area contributed by atoms with Gasteiger partial charge in [0.25, 0.3) is 0 Å². The molecule has 410 valence electrons. The summed E-state index contributed by atoms with van der Waals surface area (Å²) >= 11 is 1.85. The molecular formula is C80H66N2SSi2. The highest BCUT2D eigenvalue weighted by Crippen LogP contribution is 2.51. The van der Waals surface area contributed by atoms with Gasteiger partial charge >= 0.3 is 0 Å². The molecule has 0 saturated carbocycles. The van der Waals surface area contributed by atoms with Gasteiger partial charge in [-0.25, -0.2) is 0 Å². The van der Waals surface area contributed by atoms with E-state index in [4.69, 9.17) is 0 Å². The number of benzene rings is 13. The number of nitrogens with zero attached hydrogens (tertiary/aromatic N) is 2. The molecule has 14 rings (SSSR count). The SMILES string of the molecule is C[Si](C)(C)c1ccc(N(c2ccccc2)c2ccc(-c3c4ccccc4c(-c4ccc(N(c5ccccc5)c5ccc([Si](C)(C)C)cc5)c5ccccc45)c4cc(-c5cccc(-c6ccc(-c7ccccc7)s6)c5)ccc34)c3ccccc23)cc1. The van der Waals surface area contributed by atoms with Gasteiger partial charge in [-0.1, -0.05) is 256 Å². The Bertz CT molecular complexity index is 4770. The summed E-state index contributed by atoms with van der Waals surface area (Å²) in [5.41, 5.74) is 16.5. The third-order valence-electron chi connectivity index (χ3n) is 17.0. The van der Waals surface area contributed by atoms with Gasteiger partial charge < -0.3 is 9.80 Å². The molecule has 0 amide bonds. The van der Waals surface area contributed by atoms with Crippen molar-refractivity contribution in [1.29, 1.82) is 0 Å². The van der Waals surface area contributed by atoms with E-state index in [1.807, 2.05) is 11.3 Å². The summed E-state index contributed by atoms with van der Waals surface area (Å²) in [6.45, 7) is 14.5. The van der Waals surface area contributed by atoms with E-state index in [-0.39, 0.29) is 0 Å². The molecule has 85 heavy (non-hydrogen) atoms. The van der Waals surface area contributed by atoms with Crippen LogP contribution in [-0.4, -0.2) is 16.1 Å². The van der Waals surface area contributed by atoms with E-state index in [1.54, 1.807) is 0 Å². The second-order valence-electron chi connectivity index (χ2n) is 24.5. The molecule has 0 aliphatic rings. The average molecular weight is 1140 g/mol. The Morgan fingerprint density at radius 2 is 0.612 bits per heavy atom. The van der Waals surface area contributed by atoms with Crippen LogP contribution in [0.4, 0.5) is 34.1 Å². The molecule has 0 fully saturated rings. The molecular weight excluding hydrogens is 1080 g/mol. The van der Waals surface area contributed by atoms with Crippen LogP contribution in [0.5, 0.6) is 0 Å². The van der Waals surface area contributed by atoms with Gasteiger partial charge in [0.2, 0.25) is 0 Å². The van der Waals surface area contributed by atoms with E-state index in [1.165, 1.54) is 108 Å². The smallest absolute Gasteiger partial charge is 0.0775 e. The number of fused-ring (bicyclic) bond motifs is 4. The second kappa shape index (κ2) is 22.0. The molecule has 14 aromatic rings. The largest absolute Gasteiger partial charge is 0.310 e. The van der Waals surface area contributed by atoms with Crippen molar-refractivity contribution in [2.24, 2.45) is 0 Å². The maximum Gasteiger partial charge on any atom is 0.0775 e. The minimum absolute atomic E-state index is 1.12. The average Bonchev–Trinajstić information content (AvgIpc) is 1.64. The van der Waals surface area contributed by atoms with Crippen LogP contribution in [0.3, 0.4) is 0 Å². The predicted octanol–water partition coefficient (Wildman–Crippen LogP) is 22.7. The minimum atomic E-state index is -1.54. The number of hydrogen-bond donors (Lipinski definition) is 0. The Balaban J connectivity index is 1.01. The highest BCUT2D eigenvalue weighted by Gasteiger charge is 2.26. The lowest BCUT2D eigenvalue weighted by Gasteiger charge is -2.29. The molecule has 0 aliphatic heterocycles.